The summed E-state index contributed by atoms with van der Waals surface area (Å²) in [4.78, 5) is 12.5. The fourth-order valence-corrected chi connectivity index (χ4v) is 2.37. The van der Waals surface area contributed by atoms with Gasteiger partial charge < -0.3 is 15.8 Å². The van der Waals surface area contributed by atoms with Crippen molar-refractivity contribution < 1.29 is 9.53 Å². The molecule has 1 rings (SSSR count). The zero-order valence-electron chi connectivity index (χ0n) is 11.0. The first-order valence-electron chi connectivity index (χ1n) is 6.05. The molecule has 3 N–H and O–H groups in total. The van der Waals surface area contributed by atoms with E-state index in [2.05, 4.69) is 5.32 Å². The Morgan fingerprint density at radius 1 is 1.50 bits per heavy atom. The summed E-state index contributed by atoms with van der Waals surface area (Å²) in [5.74, 6) is -0.190. The number of thioether (sulfide) groups is 1. The number of nitrogen functional groups attached to an aromatic ring is 1. The van der Waals surface area contributed by atoms with Crippen LogP contribution in [0, 0.1) is 0 Å². The van der Waals surface area contributed by atoms with E-state index in [-0.39, 0.29) is 11.2 Å². The summed E-state index contributed by atoms with van der Waals surface area (Å²) < 4.78 is 4.98. The highest BCUT2D eigenvalue weighted by Crippen LogP contribution is 2.29. The Bertz CT molecular complexity index is 410. The van der Waals surface area contributed by atoms with Crippen LogP contribution in [0.5, 0.6) is 0 Å². The lowest BCUT2D eigenvalue weighted by Crippen LogP contribution is -2.16. The Morgan fingerprint density at radius 3 is 2.83 bits per heavy atom. The van der Waals surface area contributed by atoms with Crippen LogP contribution in [0.15, 0.2) is 23.1 Å². The molecule has 0 saturated carbocycles. The van der Waals surface area contributed by atoms with Crippen molar-refractivity contribution in [1.82, 2.24) is 0 Å². The maximum absolute atomic E-state index is 11.5. The van der Waals surface area contributed by atoms with Crippen molar-refractivity contribution in [2.24, 2.45) is 0 Å². The first-order chi connectivity index (χ1) is 8.58. The predicted octanol–water partition coefficient (Wildman–Crippen LogP) is 2.74. The van der Waals surface area contributed by atoms with Crippen LogP contribution in [-0.2, 0) is 9.53 Å². The number of ether oxygens (including phenoxy) is 1. The third-order valence-electron chi connectivity index (χ3n) is 2.32. The fourth-order valence-electron chi connectivity index (χ4n) is 1.46. The summed E-state index contributed by atoms with van der Waals surface area (Å²) in [6.07, 6.45) is 0. The van der Waals surface area contributed by atoms with E-state index in [1.165, 1.54) is 11.8 Å². The van der Waals surface area contributed by atoms with Gasteiger partial charge in [-0.2, -0.15) is 0 Å². The summed E-state index contributed by atoms with van der Waals surface area (Å²) in [6.45, 7) is 6.88. The molecule has 18 heavy (non-hydrogen) atoms. The van der Waals surface area contributed by atoms with Crippen molar-refractivity contribution >= 4 is 29.1 Å². The van der Waals surface area contributed by atoms with Gasteiger partial charge in [-0.25, -0.2) is 0 Å². The minimum Gasteiger partial charge on any atom is -0.465 e. The van der Waals surface area contributed by atoms with E-state index < -0.39 is 0 Å². The highest BCUT2D eigenvalue weighted by atomic mass is 32.2. The highest BCUT2D eigenvalue weighted by Gasteiger charge is 2.15. The van der Waals surface area contributed by atoms with Gasteiger partial charge in [-0.1, -0.05) is 0 Å². The highest BCUT2D eigenvalue weighted by molar-refractivity contribution is 8.00. The van der Waals surface area contributed by atoms with Gasteiger partial charge in [-0.15, -0.1) is 11.8 Å². The zero-order valence-corrected chi connectivity index (χ0v) is 11.8. The van der Waals surface area contributed by atoms with Gasteiger partial charge in [0.05, 0.1) is 18.0 Å². The second kappa shape index (κ2) is 7.16. The van der Waals surface area contributed by atoms with Crippen molar-refractivity contribution in [2.45, 2.75) is 30.9 Å². The van der Waals surface area contributed by atoms with Crippen LogP contribution in [0.4, 0.5) is 11.4 Å². The van der Waals surface area contributed by atoms with Crippen LogP contribution in [0.2, 0.25) is 0 Å². The Kier molecular flexibility index (Phi) is 5.85. The molecule has 1 aromatic rings. The Labute approximate surface area is 112 Å². The first kappa shape index (κ1) is 14.7. The van der Waals surface area contributed by atoms with E-state index in [0.717, 1.165) is 17.1 Å². The van der Waals surface area contributed by atoms with Gasteiger partial charge in [0.25, 0.3) is 0 Å². The number of rotatable bonds is 6. The molecule has 0 spiro atoms. The fraction of sp³-hybridized carbons (Fsp3) is 0.462. The third kappa shape index (κ3) is 4.14. The molecule has 1 atom stereocenters. The average Bonchev–Trinajstić information content (AvgIpc) is 2.34. The van der Waals surface area contributed by atoms with E-state index >= 15 is 0 Å². The number of esters is 1. The van der Waals surface area contributed by atoms with Crippen molar-refractivity contribution in [3.8, 4) is 0 Å². The monoisotopic (exact) mass is 268 g/mol. The summed E-state index contributed by atoms with van der Waals surface area (Å²) in [5.41, 5.74) is 7.46. The lowest BCUT2D eigenvalue weighted by atomic mass is 10.2. The molecule has 1 unspecified atom stereocenters. The first-order valence-corrected chi connectivity index (χ1v) is 6.93. The van der Waals surface area contributed by atoms with Crippen LogP contribution in [0.1, 0.15) is 20.8 Å². The molecule has 0 radical (unpaired) electrons. The predicted molar refractivity (Wildman–Crippen MR) is 77.0 cm³/mol. The SMILES string of the molecule is CCNc1cc(SC(C)C(=O)OCC)ccc1N. The van der Waals surface area contributed by atoms with E-state index in [1.807, 2.05) is 39.0 Å². The Balaban J connectivity index is 2.72. The van der Waals surface area contributed by atoms with Crippen molar-refractivity contribution in [3.05, 3.63) is 18.2 Å². The molecule has 0 fully saturated rings. The van der Waals surface area contributed by atoms with Crippen molar-refractivity contribution in [3.63, 3.8) is 0 Å². The van der Waals surface area contributed by atoms with E-state index in [9.17, 15) is 4.79 Å². The minimum atomic E-state index is -0.219. The molecule has 0 aliphatic rings. The average molecular weight is 268 g/mol. The maximum atomic E-state index is 11.5. The van der Waals surface area contributed by atoms with Crippen molar-refractivity contribution in [1.29, 1.82) is 0 Å². The quantitative estimate of drug-likeness (QED) is 0.472. The maximum Gasteiger partial charge on any atom is 0.319 e. The number of nitrogens with two attached hydrogens (primary N) is 1. The van der Waals surface area contributed by atoms with Gasteiger partial charge in [-0.05, 0) is 39.0 Å². The summed E-state index contributed by atoms with van der Waals surface area (Å²) in [5, 5.41) is 2.97. The molecule has 0 bridgehead atoms. The summed E-state index contributed by atoms with van der Waals surface area (Å²) in [7, 11) is 0. The molecule has 5 heteroatoms. The zero-order chi connectivity index (χ0) is 13.5. The molecule has 0 aliphatic carbocycles. The number of nitrogens with one attached hydrogen (secondary N) is 1. The van der Waals surface area contributed by atoms with Crippen LogP contribution in [0.3, 0.4) is 0 Å². The molecule has 1 aromatic carbocycles. The molecule has 4 nitrogen and oxygen atoms in total. The van der Waals surface area contributed by atoms with Crippen LogP contribution < -0.4 is 11.1 Å². The second-order valence-corrected chi connectivity index (χ2v) is 5.21. The van der Waals surface area contributed by atoms with E-state index in [0.29, 0.717) is 12.3 Å². The molecule has 100 valence electrons. The topological polar surface area (TPSA) is 64.3 Å². The standard InChI is InChI=1S/C13H20N2O2S/c1-4-15-12-8-10(6-7-11(12)14)18-9(3)13(16)17-5-2/h6-9,15H,4-5,14H2,1-3H3. The molecular formula is C13H20N2O2S. The van der Waals surface area contributed by atoms with Gasteiger partial charge in [0.15, 0.2) is 0 Å². The Morgan fingerprint density at radius 2 is 2.22 bits per heavy atom. The number of anilines is 2. The number of hydrogen-bond donors (Lipinski definition) is 2. The number of carbonyl (C=O) groups is 1. The number of benzene rings is 1. The van der Waals surface area contributed by atoms with Gasteiger partial charge in [0.1, 0.15) is 5.25 Å². The lowest BCUT2D eigenvalue weighted by molar-refractivity contribution is -0.142. The second-order valence-electron chi connectivity index (χ2n) is 3.79. The Hall–Kier alpha value is -1.36. The van der Waals surface area contributed by atoms with Gasteiger partial charge in [0, 0.05) is 11.4 Å². The van der Waals surface area contributed by atoms with E-state index in [1.54, 1.807) is 0 Å². The van der Waals surface area contributed by atoms with Gasteiger partial charge >= 0.3 is 5.97 Å². The number of hydrogen-bond acceptors (Lipinski definition) is 5. The van der Waals surface area contributed by atoms with E-state index in [4.69, 9.17) is 10.5 Å². The lowest BCUT2D eigenvalue weighted by Gasteiger charge is -2.12. The summed E-state index contributed by atoms with van der Waals surface area (Å²) >= 11 is 1.47. The molecule has 0 aliphatic heterocycles. The van der Waals surface area contributed by atoms with Crippen LogP contribution in [-0.4, -0.2) is 24.4 Å². The normalized spacial score (nSPS) is 11.9. The molecule has 0 amide bonds. The van der Waals surface area contributed by atoms with Gasteiger partial charge in [-0.3, -0.25) is 4.79 Å². The summed E-state index contributed by atoms with van der Waals surface area (Å²) in [6, 6.07) is 5.72. The van der Waals surface area contributed by atoms with Crippen LogP contribution in [0.25, 0.3) is 0 Å². The van der Waals surface area contributed by atoms with Gasteiger partial charge in [0.2, 0.25) is 0 Å². The molecule has 0 heterocycles. The molecular weight excluding hydrogens is 248 g/mol. The largest absolute Gasteiger partial charge is 0.465 e. The minimum absolute atomic E-state index is 0.190. The third-order valence-corrected chi connectivity index (χ3v) is 3.40. The molecule has 0 saturated heterocycles. The smallest absolute Gasteiger partial charge is 0.319 e. The van der Waals surface area contributed by atoms with Crippen molar-refractivity contribution in [2.75, 3.05) is 24.2 Å². The molecule has 0 aromatic heterocycles. The van der Waals surface area contributed by atoms with Crippen LogP contribution >= 0.6 is 11.8 Å². The number of carbonyl (C=O) groups excluding carboxylic acids is 1.